The van der Waals surface area contributed by atoms with Gasteiger partial charge in [0.05, 0.1) is 6.20 Å². The summed E-state index contributed by atoms with van der Waals surface area (Å²) in [5.74, 6) is -0.203. The molecule has 1 saturated heterocycles. The molecule has 1 aliphatic carbocycles. The van der Waals surface area contributed by atoms with Crippen LogP contribution in [0.5, 0.6) is 11.5 Å². The van der Waals surface area contributed by atoms with Gasteiger partial charge in [-0.05, 0) is 72.2 Å². The number of piperazine rings is 1. The molecule has 8 heteroatoms. The Morgan fingerprint density at radius 3 is 2.48 bits per heavy atom. The summed E-state index contributed by atoms with van der Waals surface area (Å²) in [6.07, 6.45) is 6.81. The molecule has 2 aromatic heterocycles. The van der Waals surface area contributed by atoms with Gasteiger partial charge in [-0.1, -0.05) is 64.4 Å². The van der Waals surface area contributed by atoms with Crippen molar-refractivity contribution >= 4 is 39.9 Å². The number of carbonyl (C=O) groups is 1. The van der Waals surface area contributed by atoms with Gasteiger partial charge in [-0.3, -0.25) is 4.90 Å². The van der Waals surface area contributed by atoms with Crippen molar-refractivity contribution in [3.63, 3.8) is 0 Å². The van der Waals surface area contributed by atoms with Gasteiger partial charge in [-0.2, -0.15) is 0 Å². The van der Waals surface area contributed by atoms with Crippen LogP contribution in [0.25, 0.3) is 16.6 Å². The zero-order valence-electron chi connectivity index (χ0n) is 25.5. The molecular weight excluding hydrogens is 572 g/mol. The SMILES string of the molecule is C.CC.CC1(C)CCC(CN2CCN(c3ccc(C(=O)O)c(Oc4cnc5[nH]ccc5c4)c3)CC2)=C(c2ccc(Cl)cc2)C1. The second-order valence-corrected chi connectivity index (χ2v) is 12.3. The molecule has 0 spiro atoms. The van der Waals surface area contributed by atoms with Crippen LogP contribution in [0, 0.1) is 5.41 Å². The first-order valence-electron chi connectivity index (χ1n) is 15.2. The standard InChI is InChI=1S/C33H35ClN4O3.C2H6.CH4/c1-33(2)11-9-24(29(19-33)22-3-5-25(34)6-4-22)21-37-13-15-38(16-14-37)26-7-8-28(32(39)40)30(18-26)41-27-17-23-10-12-35-31(23)36-20-27;1-2;/h3-8,10,12,17-18,20H,9,11,13-16,19,21H2,1-2H3,(H,35,36)(H,39,40);1-2H3;1H4. The summed E-state index contributed by atoms with van der Waals surface area (Å²) in [6.45, 7) is 13.3. The number of rotatable bonds is 7. The number of nitrogens with one attached hydrogen (secondary N) is 1. The summed E-state index contributed by atoms with van der Waals surface area (Å²) in [4.78, 5) is 24.2. The topological polar surface area (TPSA) is 81.7 Å². The Bertz CT molecular complexity index is 1600. The molecule has 2 aliphatic rings. The number of carboxylic acids is 1. The third-order valence-corrected chi connectivity index (χ3v) is 8.58. The number of aromatic nitrogens is 2. The van der Waals surface area contributed by atoms with Gasteiger partial charge in [-0.25, -0.2) is 9.78 Å². The Morgan fingerprint density at radius 2 is 1.77 bits per heavy atom. The van der Waals surface area contributed by atoms with Crippen molar-refractivity contribution in [1.29, 1.82) is 0 Å². The summed E-state index contributed by atoms with van der Waals surface area (Å²) in [5, 5.41) is 11.5. The molecule has 4 aromatic rings. The Hall–Kier alpha value is -3.81. The smallest absolute Gasteiger partial charge is 0.339 e. The predicted molar refractivity (Wildman–Crippen MR) is 182 cm³/mol. The maximum absolute atomic E-state index is 12.0. The number of ether oxygens (including phenoxy) is 1. The van der Waals surface area contributed by atoms with Crippen molar-refractivity contribution in [2.45, 2.75) is 54.4 Å². The first kappa shape index (κ1) is 33.1. The van der Waals surface area contributed by atoms with E-state index in [1.54, 1.807) is 12.3 Å². The summed E-state index contributed by atoms with van der Waals surface area (Å²) < 4.78 is 6.07. The van der Waals surface area contributed by atoms with E-state index in [9.17, 15) is 9.90 Å². The van der Waals surface area contributed by atoms with Crippen molar-refractivity contribution < 1.29 is 14.6 Å². The molecule has 0 bridgehead atoms. The molecule has 0 unspecified atom stereocenters. The summed E-state index contributed by atoms with van der Waals surface area (Å²) >= 11 is 6.18. The lowest BCUT2D eigenvalue weighted by molar-refractivity contribution is 0.0694. The average molecular weight is 617 g/mol. The number of hydrogen-bond donors (Lipinski definition) is 2. The van der Waals surface area contributed by atoms with Gasteiger partial charge >= 0.3 is 5.97 Å². The molecule has 2 aromatic carbocycles. The second-order valence-electron chi connectivity index (χ2n) is 11.9. The first-order chi connectivity index (χ1) is 20.7. The number of hydrogen-bond acceptors (Lipinski definition) is 5. The summed E-state index contributed by atoms with van der Waals surface area (Å²) in [5.41, 5.74) is 6.43. The Labute approximate surface area is 266 Å². The highest BCUT2D eigenvalue weighted by molar-refractivity contribution is 6.30. The maximum Gasteiger partial charge on any atom is 0.339 e. The van der Waals surface area contributed by atoms with Crippen LogP contribution in [0.2, 0.25) is 5.02 Å². The number of aromatic carboxylic acids is 1. The molecule has 44 heavy (non-hydrogen) atoms. The van der Waals surface area contributed by atoms with Gasteiger partial charge < -0.3 is 19.7 Å². The summed E-state index contributed by atoms with van der Waals surface area (Å²) in [7, 11) is 0. The van der Waals surface area contributed by atoms with Crippen LogP contribution in [0.15, 0.2) is 72.6 Å². The van der Waals surface area contributed by atoms with Crippen LogP contribution < -0.4 is 9.64 Å². The second kappa shape index (κ2) is 14.3. The van der Waals surface area contributed by atoms with Gasteiger partial charge in [0.25, 0.3) is 0 Å². The Morgan fingerprint density at radius 1 is 1.05 bits per heavy atom. The first-order valence-corrected chi connectivity index (χ1v) is 15.5. The monoisotopic (exact) mass is 616 g/mol. The van der Waals surface area contributed by atoms with Gasteiger partial charge in [0.1, 0.15) is 22.7 Å². The molecule has 0 saturated carbocycles. The molecule has 234 valence electrons. The van der Waals surface area contributed by atoms with Crippen LogP contribution in [-0.4, -0.2) is 58.7 Å². The molecule has 0 atom stereocenters. The molecule has 2 N–H and O–H groups in total. The largest absolute Gasteiger partial charge is 0.478 e. The minimum Gasteiger partial charge on any atom is -0.478 e. The van der Waals surface area contributed by atoms with E-state index in [1.165, 1.54) is 23.1 Å². The van der Waals surface area contributed by atoms with Crippen LogP contribution in [0.1, 0.15) is 70.3 Å². The average Bonchev–Trinajstić information content (AvgIpc) is 3.48. The van der Waals surface area contributed by atoms with E-state index in [-0.39, 0.29) is 13.0 Å². The van der Waals surface area contributed by atoms with Gasteiger partial charge in [0.2, 0.25) is 0 Å². The van der Waals surface area contributed by atoms with Crippen LogP contribution in [-0.2, 0) is 0 Å². The number of H-pyrrole nitrogens is 1. The molecule has 1 fully saturated rings. The van der Waals surface area contributed by atoms with E-state index in [0.717, 1.165) is 67.3 Å². The van der Waals surface area contributed by atoms with Crippen molar-refractivity contribution in [2.75, 3.05) is 37.6 Å². The van der Waals surface area contributed by atoms with E-state index in [2.05, 4.69) is 45.7 Å². The highest BCUT2D eigenvalue weighted by Gasteiger charge is 2.29. The Kier molecular flexibility index (Phi) is 10.8. The fourth-order valence-corrected chi connectivity index (χ4v) is 6.10. The quantitative estimate of drug-likeness (QED) is 0.215. The maximum atomic E-state index is 12.0. The lowest BCUT2D eigenvalue weighted by atomic mass is 9.72. The number of anilines is 1. The number of fused-ring (bicyclic) bond motifs is 1. The van der Waals surface area contributed by atoms with Gasteiger partial charge in [-0.15, -0.1) is 0 Å². The highest BCUT2D eigenvalue weighted by atomic mass is 35.5. The molecule has 1 aliphatic heterocycles. The van der Waals surface area contributed by atoms with Crippen molar-refractivity contribution in [2.24, 2.45) is 5.41 Å². The zero-order valence-corrected chi connectivity index (χ0v) is 26.2. The van der Waals surface area contributed by atoms with Crippen LogP contribution >= 0.6 is 11.6 Å². The fraction of sp³-hybridized carbons (Fsp3) is 0.389. The number of nitrogens with zero attached hydrogens (tertiary/aromatic N) is 3. The van der Waals surface area contributed by atoms with Crippen molar-refractivity contribution in [3.8, 4) is 11.5 Å². The summed E-state index contributed by atoms with van der Waals surface area (Å²) in [6, 6.07) is 17.4. The van der Waals surface area contributed by atoms with E-state index in [1.807, 2.05) is 56.4 Å². The highest BCUT2D eigenvalue weighted by Crippen LogP contribution is 2.43. The molecule has 3 heterocycles. The zero-order chi connectivity index (χ0) is 30.6. The number of benzene rings is 2. The van der Waals surface area contributed by atoms with E-state index >= 15 is 0 Å². The van der Waals surface area contributed by atoms with Crippen molar-refractivity contribution in [1.82, 2.24) is 14.9 Å². The number of halogens is 1. The fourth-order valence-electron chi connectivity index (χ4n) is 5.97. The third-order valence-electron chi connectivity index (χ3n) is 8.33. The number of pyridine rings is 1. The molecule has 0 amide bonds. The molecular formula is C36H45ClN4O3. The Balaban J connectivity index is 0.00000144. The van der Waals surface area contributed by atoms with Gasteiger partial charge in [0, 0.05) is 61.1 Å². The van der Waals surface area contributed by atoms with E-state index in [4.69, 9.17) is 16.3 Å². The molecule has 7 nitrogen and oxygen atoms in total. The number of aromatic amines is 1. The minimum absolute atomic E-state index is 0. The van der Waals surface area contributed by atoms with Crippen LogP contribution in [0.4, 0.5) is 5.69 Å². The number of carboxylic acid groups (broad SMARTS) is 1. The number of allylic oxidation sites excluding steroid dienone is 1. The predicted octanol–water partition coefficient (Wildman–Crippen LogP) is 9.16. The molecule has 6 rings (SSSR count). The minimum atomic E-state index is -1.02. The molecule has 0 radical (unpaired) electrons. The van der Waals surface area contributed by atoms with E-state index < -0.39 is 5.97 Å². The van der Waals surface area contributed by atoms with Crippen molar-refractivity contribution in [3.05, 3.63) is 88.7 Å². The van der Waals surface area contributed by atoms with E-state index in [0.29, 0.717) is 16.9 Å². The lowest BCUT2D eigenvalue weighted by Gasteiger charge is -2.39. The van der Waals surface area contributed by atoms with Gasteiger partial charge in [0.15, 0.2) is 0 Å². The normalized spacial score (nSPS) is 16.6. The van der Waals surface area contributed by atoms with Crippen LogP contribution in [0.3, 0.4) is 0 Å². The third kappa shape index (κ3) is 7.63. The lowest BCUT2D eigenvalue weighted by Crippen LogP contribution is -2.47.